The van der Waals surface area contributed by atoms with Crippen LogP contribution < -0.4 is 5.32 Å². The van der Waals surface area contributed by atoms with Crippen LogP contribution in [-0.2, 0) is 0 Å². The maximum atomic E-state index is 9.20. The molecule has 0 saturated carbocycles. The van der Waals surface area contributed by atoms with Gasteiger partial charge in [0.05, 0.1) is 4.34 Å². The lowest BCUT2D eigenvalue weighted by Crippen LogP contribution is -2.34. The fraction of sp³-hybridized carbons (Fsp3) is 0.667. The highest BCUT2D eigenvalue weighted by Gasteiger charge is 2.19. The zero-order chi connectivity index (χ0) is 12.2. The van der Waals surface area contributed by atoms with Crippen molar-refractivity contribution < 1.29 is 5.11 Å². The molecular formula is C12H20ClNOS. The first-order valence-corrected chi connectivity index (χ1v) is 6.77. The van der Waals surface area contributed by atoms with Gasteiger partial charge in [0.1, 0.15) is 0 Å². The van der Waals surface area contributed by atoms with E-state index >= 15 is 0 Å². The van der Waals surface area contributed by atoms with Gasteiger partial charge < -0.3 is 10.4 Å². The third-order valence-electron chi connectivity index (χ3n) is 2.60. The zero-order valence-corrected chi connectivity index (χ0v) is 11.7. The molecule has 0 spiro atoms. The Hall–Kier alpha value is -0.0900. The molecule has 0 aromatic carbocycles. The summed E-state index contributed by atoms with van der Waals surface area (Å²) in [5.41, 5.74) is -0.0749. The summed E-state index contributed by atoms with van der Waals surface area (Å²) >= 11 is 7.55. The third kappa shape index (κ3) is 4.06. The molecule has 4 heteroatoms. The Bertz CT molecular complexity index is 325. The summed E-state index contributed by atoms with van der Waals surface area (Å²) in [5.74, 6) is 0. The Morgan fingerprint density at radius 2 is 2.19 bits per heavy atom. The Labute approximate surface area is 107 Å². The Balaban J connectivity index is 2.56. The van der Waals surface area contributed by atoms with E-state index in [1.54, 1.807) is 11.3 Å². The van der Waals surface area contributed by atoms with Crippen molar-refractivity contribution in [1.82, 2.24) is 5.32 Å². The first-order chi connectivity index (χ1) is 7.48. The number of aliphatic hydroxyl groups excluding tert-OH is 1. The van der Waals surface area contributed by atoms with E-state index in [4.69, 9.17) is 11.6 Å². The Kier molecular flexibility index (Phi) is 5.25. The van der Waals surface area contributed by atoms with E-state index in [0.29, 0.717) is 6.04 Å². The fourth-order valence-electron chi connectivity index (χ4n) is 1.42. The molecule has 2 nitrogen and oxygen atoms in total. The summed E-state index contributed by atoms with van der Waals surface area (Å²) in [4.78, 5) is 1.27. The van der Waals surface area contributed by atoms with Crippen LogP contribution in [0, 0.1) is 5.41 Å². The summed E-state index contributed by atoms with van der Waals surface area (Å²) in [6, 6.07) is 4.34. The van der Waals surface area contributed by atoms with Crippen molar-refractivity contribution in [2.45, 2.75) is 33.2 Å². The lowest BCUT2D eigenvalue weighted by Gasteiger charge is -2.25. The normalized spacial score (nSPS) is 14.1. The summed E-state index contributed by atoms with van der Waals surface area (Å²) in [5, 5.41) is 12.7. The molecule has 0 saturated heterocycles. The second-order valence-corrected chi connectivity index (χ2v) is 6.55. The van der Waals surface area contributed by atoms with Gasteiger partial charge in [0.25, 0.3) is 0 Å². The molecule has 1 aromatic heterocycles. The van der Waals surface area contributed by atoms with Crippen molar-refractivity contribution >= 4 is 22.9 Å². The van der Waals surface area contributed by atoms with E-state index in [-0.39, 0.29) is 12.0 Å². The van der Waals surface area contributed by atoms with E-state index in [1.165, 1.54) is 4.88 Å². The van der Waals surface area contributed by atoms with E-state index in [9.17, 15) is 5.11 Å². The fourth-order valence-corrected chi connectivity index (χ4v) is 2.64. The monoisotopic (exact) mass is 261 g/mol. The van der Waals surface area contributed by atoms with Gasteiger partial charge in [-0.2, -0.15) is 0 Å². The Morgan fingerprint density at radius 1 is 1.50 bits per heavy atom. The standard InChI is InChI=1S/C12H20ClNOS/c1-4-9(10-5-6-11(13)16-10)14-7-12(2,3)8-15/h5-6,9,14-15H,4,7-8H2,1-3H3. The molecular weight excluding hydrogens is 242 g/mol. The predicted molar refractivity (Wildman–Crippen MR) is 71.2 cm³/mol. The molecule has 1 unspecified atom stereocenters. The molecule has 1 atom stereocenters. The quantitative estimate of drug-likeness (QED) is 0.822. The van der Waals surface area contributed by atoms with Crippen LogP contribution in [0.1, 0.15) is 38.1 Å². The highest BCUT2D eigenvalue weighted by molar-refractivity contribution is 7.16. The van der Waals surface area contributed by atoms with Gasteiger partial charge >= 0.3 is 0 Å². The Morgan fingerprint density at radius 3 is 2.62 bits per heavy atom. The molecule has 1 aromatic rings. The number of aliphatic hydroxyl groups is 1. The summed E-state index contributed by atoms with van der Waals surface area (Å²) < 4.78 is 0.830. The van der Waals surface area contributed by atoms with Gasteiger partial charge in [-0.05, 0) is 18.6 Å². The van der Waals surface area contributed by atoms with Crippen LogP contribution in [0.3, 0.4) is 0 Å². The highest BCUT2D eigenvalue weighted by atomic mass is 35.5. The summed E-state index contributed by atoms with van der Waals surface area (Å²) in [6.07, 6.45) is 1.03. The predicted octanol–water partition coefficient (Wildman–Crippen LogP) is 3.46. The van der Waals surface area contributed by atoms with Gasteiger partial charge in [-0.3, -0.25) is 0 Å². The number of thiophene rings is 1. The molecule has 1 heterocycles. The van der Waals surface area contributed by atoms with Crippen LogP contribution in [0.2, 0.25) is 4.34 Å². The molecule has 1 rings (SSSR count). The smallest absolute Gasteiger partial charge is 0.0931 e. The van der Waals surface area contributed by atoms with Gasteiger partial charge in [0.15, 0.2) is 0 Å². The molecule has 0 bridgehead atoms. The second-order valence-electron chi connectivity index (χ2n) is 4.81. The first-order valence-electron chi connectivity index (χ1n) is 5.58. The summed E-state index contributed by atoms with van der Waals surface area (Å²) in [6.45, 7) is 7.25. The molecule has 0 aliphatic heterocycles. The number of halogens is 1. The molecule has 0 aliphatic carbocycles. The van der Waals surface area contributed by atoms with E-state index in [1.807, 2.05) is 19.9 Å². The third-order valence-corrected chi connectivity index (χ3v) is 3.95. The number of nitrogens with one attached hydrogen (secondary N) is 1. The van der Waals surface area contributed by atoms with Crippen molar-refractivity contribution in [2.24, 2.45) is 5.41 Å². The van der Waals surface area contributed by atoms with Crippen LogP contribution in [-0.4, -0.2) is 18.3 Å². The average Bonchev–Trinajstić information content (AvgIpc) is 2.66. The molecule has 0 radical (unpaired) electrons. The SMILES string of the molecule is CCC(NCC(C)(C)CO)c1ccc(Cl)s1. The zero-order valence-electron chi connectivity index (χ0n) is 10.1. The van der Waals surface area contributed by atoms with Gasteiger partial charge in [0, 0.05) is 29.5 Å². The van der Waals surface area contributed by atoms with Gasteiger partial charge in [-0.1, -0.05) is 32.4 Å². The minimum absolute atomic E-state index is 0.0749. The van der Waals surface area contributed by atoms with Crippen LogP contribution in [0.25, 0.3) is 0 Å². The number of rotatable bonds is 6. The van der Waals surface area contributed by atoms with Crippen LogP contribution in [0.4, 0.5) is 0 Å². The van der Waals surface area contributed by atoms with Crippen LogP contribution >= 0.6 is 22.9 Å². The first kappa shape index (κ1) is 14.0. The lowest BCUT2D eigenvalue weighted by molar-refractivity contribution is 0.153. The van der Waals surface area contributed by atoms with E-state index < -0.39 is 0 Å². The van der Waals surface area contributed by atoms with Crippen molar-refractivity contribution in [3.63, 3.8) is 0 Å². The van der Waals surface area contributed by atoms with E-state index in [0.717, 1.165) is 17.3 Å². The van der Waals surface area contributed by atoms with Crippen LogP contribution in [0.15, 0.2) is 12.1 Å². The topological polar surface area (TPSA) is 32.3 Å². The van der Waals surface area contributed by atoms with Gasteiger partial charge in [-0.25, -0.2) is 0 Å². The molecule has 92 valence electrons. The number of hydrogen-bond acceptors (Lipinski definition) is 3. The molecule has 0 fully saturated rings. The molecule has 0 amide bonds. The molecule has 0 aliphatic rings. The van der Waals surface area contributed by atoms with Gasteiger partial charge in [0.2, 0.25) is 0 Å². The van der Waals surface area contributed by atoms with Crippen molar-refractivity contribution in [3.05, 3.63) is 21.3 Å². The van der Waals surface area contributed by atoms with Crippen molar-refractivity contribution in [1.29, 1.82) is 0 Å². The second kappa shape index (κ2) is 6.01. The van der Waals surface area contributed by atoms with E-state index in [2.05, 4.69) is 18.3 Å². The molecule has 16 heavy (non-hydrogen) atoms. The maximum absolute atomic E-state index is 9.20. The minimum atomic E-state index is -0.0749. The highest BCUT2D eigenvalue weighted by Crippen LogP contribution is 2.29. The maximum Gasteiger partial charge on any atom is 0.0931 e. The molecule has 2 N–H and O–H groups in total. The lowest BCUT2D eigenvalue weighted by atomic mass is 9.94. The summed E-state index contributed by atoms with van der Waals surface area (Å²) in [7, 11) is 0. The number of hydrogen-bond donors (Lipinski definition) is 2. The minimum Gasteiger partial charge on any atom is -0.396 e. The van der Waals surface area contributed by atoms with Crippen molar-refractivity contribution in [3.8, 4) is 0 Å². The average molecular weight is 262 g/mol. The largest absolute Gasteiger partial charge is 0.396 e. The van der Waals surface area contributed by atoms with Crippen molar-refractivity contribution in [2.75, 3.05) is 13.2 Å². The van der Waals surface area contributed by atoms with Crippen LogP contribution in [0.5, 0.6) is 0 Å². The van der Waals surface area contributed by atoms with Gasteiger partial charge in [-0.15, -0.1) is 11.3 Å².